The SMILES string of the molecule is NC(=O)c1nn(C2CCNCC2)cc1NC(=O)c1cnn2ccc(Cl)nc12.O=C(O)C(F)(F)F. The second-order valence-electron chi connectivity index (χ2n) is 7.05. The molecule has 0 aliphatic carbocycles. The van der Waals surface area contributed by atoms with E-state index in [-0.39, 0.29) is 28.1 Å². The molecule has 1 fully saturated rings. The molecular formula is C18H18ClF3N8O4. The van der Waals surface area contributed by atoms with Gasteiger partial charge >= 0.3 is 12.1 Å². The number of carboxylic acid groups (broad SMARTS) is 1. The average molecular weight is 503 g/mol. The van der Waals surface area contributed by atoms with E-state index < -0.39 is 24.0 Å². The maximum Gasteiger partial charge on any atom is 0.490 e. The molecule has 0 saturated carbocycles. The summed E-state index contributed by atoms with van der Waals surface area (Å²) in [6.45, 7) is 1.74. The number of aliphatic carboxylic acids is 1. The Balaban J connectivity index is 0.000000406. The van der Waals surface area contributed by atoms with Crippen LogP contribution in [0.3, 0.4) is 0 Å². The lowest BCUT2D eigenvalue weighted by molar-refractivity contribution is -0.192. The van der Waals surface area contributed by atoms with Crippen LogP contribution in [0.2, 0.25) is 5.15 Å². The van der Waals surface area contributed by atoms with Gasteiger partial charge in [0.25, 0.3) is 11.8 Å². The molecule has 3 aromatic rings. The number of carbonyl (C=O) groups is 3. The number of aromatic nitrogens is 5. The number of alkyl halides is 3. The highest BCUT2D eigenvalue weighted by Gasteiger charge is 2.38. The highest BCUT2D eigenvalue weighted by atomic mass is 35.5. The lowest BCUT2D eigenvalue weighted by Crippen LogP contribution is -2.29. The van der Waals surface area contributed by atoms with E-state index in [9.17, 15) is 22.8 Å². The van der Waals surface area contributed by atoms with Crippen molar-refractivity contribution in [3.05, 3.63) is 41.1 Å². The third kappa shape index (κ3) is 5.79. The summed E-state index contributed by atoms with van der Waals surface area (Å²) in [5.41, 5.74) is 6.25. The van der Waals surface area contributed by atoms with Crippen LogP contribution in [0.5, 0.6) is 0 Å². The monoisotopic (exact) mass is 502 g/mol. The molecule has 34 heavy (non-hydrogen) atoms. The fourth-order valence-electron chi connectivity index (χ4n) is 3.12. The zero-order chi connectivity index (χ0) is 25.0. The van der Waals surface area contributed by atoms with E-state index in [2.05, 4.69) is 25.8 Å². The Labute approximate surface area is 193 Å². The molecule has 0 radical (unpaired) electrons. The molecule has 0 spiro atoms. The fourth-order valence-corrected chi connectivity index (χ4v) is 3.26. The molecule has 3 aromatic heterocycles. The van der Waals surface area contributed by atoms with Gasteiger partial charge in [-0.25, -0.2) is 14.3 Å². The minimum atomic E-state index is -5.08. The smallest absolute Gasteiger partial charge is 0.475 e. The normalized spacial score (nSPS) is 14.4. The first kappa shape index (κ1) is 24.9. The van der Waals surface area contributed by atoms with E-state index in [1.165, 1.54) is 10.7 Å². The molecule has 182 valence electrons. The number of nitrogens with zero attached hydrogens (tertiary/aromatic N) is 5. The number of nitrogens with two attached hydrogens (primary N) is 1. The maximum absolute atomic E-state index is 12.7. The molecule has 0 unspecified atom stereocenters. The fraction of sp³-hybridized carbons (Fsp3) is 0.333. The van der Waals surface area contributed by atoms with Gasteiger partial charge in [-0.05, 0) is 32.0 Å². The predicted octanol–water partition coefficient (Wildman–Crippen LogP) is 1.49. The van der Waals surface area contributed by atoms with Crippen LogP contribution in [0.25, 0.3) is 5.65 Å². The first-order valence-electron chi connectivity index (χ1n) is 9.68. The minimum absolute atomic E-state index is 0.0179. The van der Waals surface area contributed by atoms with Crippen LogP contribution in [0.15, 0.2) is 24.7 Å². The van der Waals surface area contributed by atoms with Crippen molar-refractivity contribution in [2.24, 2.45) is 5.73 Å². The third-order valence-electron chi connectivity index (χ3n) is 4.72. The average Bonchev–Trinajstić information content (AvgIpc) is 3.38. The number of fused-ring (bicyclic) bond motifs is 1. The van der Waals surface area contributed by atoms with E-state index >= 15 is 0 Å². The van der Waals surface area contributed by atoms with E-state index in [0.29, 0.717) is 5.65 Å². The Morgan fingerprint density at radius 2 is 1.91 bits per heavy atom. The number of nitrogens with one attached hydrogen (secondary N) is 2. The summed E-state index contributed by atoms with van der Waals surface area (Å²) in [6, 6.07) is 1.71. The van der Waals surface area contributed by atoms with Gasteiger partial charge in [0, 0.05) is 12.4 Å². The van der Waals surface area contributed by atoms with Gasteiger partial charge in [0.2, 0.25) is 0 Å². The van der Waals surface area contributed by atoms with Gasteiger partial charge in [0.15, 0.2) is 11.3 Å². The topological polar surface area (TPSA) is 170 Å². The van der Waals surface area contributed by atoms with Crippen molar-refractivity contribution in [1.29, 1.82) is 0 Å². The standard InChI is InChI=1S/C16H17ClN8O2.C2HF3O2/c17-12-3-6-24-15(22-12)10(7-20-24)16(27)21-11-8-25(23-13(11)14(18)26)9-1-4-19-5-2-9;3-2(4,5)1(6)7/h3,6-9,19H,1-2,4-5H2,(H2,18,26)(H,21,27);(H,6,7). The quantitative estimate of drug-likeness (QED) is 0.389. The van der Waals surface area contributed by atoms with Gasteiger partial charge in [0.05, 0.1) is 17.9 Å². The second-order valence-corrected chi connectivity index (χ2v) is 7.44. The van der Waals surface area contributed by atoms with Crippen molar-refractivity contribution in [2.75, 3.05) is 18.4 Å². The number of primary amides is 1. The third-order valence-corrected chi connectivity index (χ3v) is 4.93. The summed E-state index contributed by atoms with van der Waals surface area (Å²) in [6.07, 6.45) is 1.30. The number of piperidine rings is 1. The molecule has 12 nitrogen and oxygen atoms in total. The Kier molecular flexibility index (Phi) is 7.36. The maximum atomic E-state index is 12.7. The molecule has 16 heteroatoms. The number of carbonyl (C=O) groups excluding carboxylic acids is 2. The summed E-state index contributed by atoms with van der Waals surface area (Å²) in [5, 5.41) is 21.7. The number of hydrogen-bond donors (Lipinski definition) is 4. The molecule has 4 heterocycles. The van der Waals surface area contributed by atoms with Gasteiger partial charge in [-0.2, -0.15) is 23.4 Å². The number of halogens is 4. The Morgan fingerprint density at radius 3 is 2.50 bits per heavy atom. The van der Waals surface area contributed by atoms with Crippen LogP contribution >= 0.6 is 11.6 Å². The summed E-state index contributed by atoms with van der Waals surface area (Å²) in [7, 11) is 0. The van der Waals surface area contributed by atoms with Crippen LogP contribution in [0.1, 0.15) is 39.7 Å². The Hall–Kier alpha value is -3.72. The summed E-state index contributed by atoms with van der Waals surface area (Å²) in [5.74, 6) is -3.95. The van der Waals surface area contributed by atoms with E-state index in [1.807, 2.05) is 0 Å². The zero-order valence-electron chi connectivity index (χ0n) is 17.2. The number of anilines is 1. The van der Waals surface area contributed by atoms with Crippen LogP contribution in [-0.2, 0) is 4.79 Å². The summed E-state index contributed by atoms with van der Waals surface area (Å²) >= 11 is 5.91. The zero-order valence-corrected chi connectivity index (χ0v) is 18.0. The van der Waals surface area contributed by atoms with Crippen LogP contribution in [-0.4, -0.2) is 66.5 Å². The Bertz CT molecular complexity index is 1220. The van der Waals surface area contributed by atoms with E-state index in [1.54, 1.807) is 23.1 Å². The first-order chi connectivity index (χ1) is 16.0. The van der Waals surface area contributed by atoms with Crippen LogP contribution < -0.4 is 16.4 Å². The minimum Gasteiger partial charge on any atom is -0.475 e. The number of hydrogen-bond acceptors (Lipinski definition) is 7. The van der Waals surface area contributed by atoms with Gasteiger partial charge in [0.1, 0.15) is 10.7 Å². The van der Waals surface area contributed by atoms with Crippen molar-refractivity contribution in [2.45, 2.75) is 25.1 Å². The molecule has 5 N–H and O–H groups in total. The van der Waals surface area contributed by atoms with Crippen molar-refractivity contribution >= 4 is 40.7 Å². The van der Waals surface area contributed by atoms with Gasteiger partial charge < -0.3 is 21.5 Å². The number of amides is 2. The van der Waals surface area contributed by atoms with Crippen molar-refractivity contribution < 1.29 is 32.7 Å². The molecule has 1 aliphatic heterocycles. The molecule has 2 amide bonds. The molecule has 0 aromatic carbocycles. The highest BCUT2D eigenvalue weighted by molar-refractivity contribution is 6.29. The van der Waals surface area contributed by atoms with Gasteiger partial charge in [-0.15, -0.1) is 0 Å². The molecular weight excluding hydrogens is 485 g/mol. The van der Waals surface area contributed by atoms with E-state index in [0.717, 1.165) is 25.9 Å². The molecule has 1 saturated heterocycles. The van der Waals surface area contributed by atoms with Gasteiger partial charge in [-0.1, -0.05) is 11.6 Å². The van der Waals surface area contributed by atoms with Crippen LogP contribution in [0, 0.1) is 0 Å². The lowest BCUT2D eigenvalue weighted by atomic mass is 10.1. The largest absolute Gasteiger partial charge is 0.490 e. The van der Waals surface area contributed by atoms with Crippen molar-refractivity contribution in [3.63, 3.8) is 0 Å². The highest BCUT2D eigenvalue weighted by Crippen LogP contribution is 2.23. The lowest BCUT2D eigenvalue weighted by Gasteiger charge is -2.22. The number of carboxylic acids is 1. The summed E-state index contributed by atoms with van der Waals surface area (Å²) < 4.78 is 34.9. The van der Waals surface area contributed by atoms with E-state index in [4.69, 9.17) is 27.2 Å². The van der Waals surface area contributed by atoms with Crippen molar-refractivity contribution in [3.8, 4) is 0 Å². The summed E-state index contributed by atoms with van der Waals surface area (Å²) in [4.78, 5) is 37.5. The van der Waals surface area contributed by atoms with Crippen LogP contribution in [0.4, 0.5) is 18.9 Å². The molecule has 4 rings (SSSR count). The molecule has 1 aliphatic rings. The van der Waals surface area contributed by atoms with Crippen molar-refractivity contribution in [1.82, 2.24) is 29.7 Å². The predicted molar refractivity (Wildman–Crippen MR) is 112 cm³/mol. The molecule has 0 atom stereocenters. The first-order valence-corrected chi connectivity index (χ1v) is 10.1. The second kappa shape index (κ2) is 10.0. The number of rotatable bonds is 4. The Morgan fingerprint density at radius 1 is 1.26 bits per heavy atom. The molecule has 0 bridgehead atoms. The van der Waals surface area contributed by atoms with Gasteiger partial charge in [-0.3, -0.25) is 14.3 Å².